The van der Waals surface area contributed by atoms with Crippen LogP contribution in [0.4, 0.5) is 0 Å². The first kappa shape index (κ1) is 33.8. The predicted molar refractivity (Wildman–Crippen MR) is 182 cm³/mol. The van der Waals surface area contributed by atoms with E-state index in [0.29, 0.717) is 19.8 Å². The van der Waals surface area contributed by atoms with E-state index in [1.807, 2.05) is 26.0 Å². The Bertz CT molecular complexity index is 1300. The molecule has 2 heterocycles. The van der Waals surface area contributed by atoms with Crippen LogP contribution in [0.15, 0.2) is 84.9 Å². The van der Waals surface area contributed by atoms with Crippen LogP contribution in [0.1, 0.15) is 60.5 Å². The second-order valence-corrected chi connectivity index (χ2v) is 18.5. The number of hydrogen-bond acceptors (Lipinski definition) is 6. The maximum Gasteiger partial charge on any atom is 0.261 e. The van der Waals surface area contributed by atoms with E-state index in [1.54, 1.807) is 7.11 Å². The Hall–Kier alpha value is -2.52. The van der Waals surface area contributed by atoms with E-state index in [-0.39, 0.29) is 41.3 Å². The largest absolute Gasteiger partial charge is 0.497 e. The Balaban J connectivity index is 1.38. The molecule has 244 valence electrons. The monoisotopic (exact) mass is 632 g/mol. The average Bonchev–Trinajstić information content (AvgIpc) is 3.39. The molecule has 6 nitrogen and oxygen atoms in total. The molecule has 6 atom stereocenters. The summed E-state index contributed by atoms with van der Waals surface area (Å²) >= 11 is 0. The van der Waals surface area contributed by atoms with Crippen molar-refractivity contribution in [3.8, 4) is 5.75 Å². The molecular formula is C38H52O6Si. The minimum Gasteiger partial charge on any atom is -0.497 e. The third-order valence-electron chi connectivity index (χ3n) is 9.61. The second-order valence-electron chi connectivity index (χ2n) is 14.1. The van der Waals surface area contributed by atoms with Crippen molar-refractivity contribution < 1.29 is 28.1 Å². The van der Waals surface area contributed by atoms with Gasteiger partial charge in [0.1, 0.15) is 11.9 Å². The van der Waals surface area contributed by atoms with E-state index in [4.69, 9.17) is 28.1 Å². The van der Waals surface area contributed by atoms with Gasteiger partial charge < -0.3 is 28.1 Å². The summed E-state index contributed by atoms with van der Waals surface area (Å²) in [4.78, 5) is 0. The summed E-state index contributed by atoms with van der Waals surface area (Å²) in [6.45, 7) is 17.0. The molecule has 0 unspecified atom stereocenters. The van der Waals surface area contributed by atoms with Gasteiger partial charge in [-0.15, -0.1) is 0 Å². The minimum absolute atomic E-state index is 0.0176. The van der Waals surface area contributed by atoms with Gasteiger partial charge in [-0.3, -0.25) is 0 Å². The molecule has 0 bridgehead atoms. The summed E-state index contributed by atoms with van der Waals surface area (Å²) in [5.41, 5.74) is 1.12. The number of hydrogen-bond donors (Lipinski definition) is 0. The lowest BCUT2D eigenvalue weighted by Gasteiger charge is -2.47. The highest BCUT2D eigenvalue weighted by molar-refractivity contribution is 6.99. The van der Waals surface area contributed by atoms with Gasteiger partial charge in [0.15, 0.2) is 5.79 Å². The van der Waals surface area contributed by atoms with Gasteiger partial charge in [-0.25, -0.2) is 0 Å². The van der Waals surface area contributed by atoms with Crippen molar-refractivity contribution in [1.29, 1.82) is 0 Å². The molecule has 5 rings (SSSR count). The van der Waals surface area contributed by atoms with Crippen molar-refractivity contribution in [1.82, 2.24) is 0 Å². The van der Waals surface area contributed by atoms with Gasteiger partial charge in [0, 0.05) is 18.4 Å². The average molecular weight is 633 g/mol. The van der Waals surface area contributed by atoms with E-state index >= 15 is 0 Å². The zero-order valence-corrected chi connectivity index (χ0v) is 29.3. The number of ether oxygens (including phenoxy) is 5. The lowest BCUT2D eigenvalue weighted by molar-refractivity contribution is -0.226. The number of benzene rings is 3. The van der Waals surface area contributed by atoms with Crippen molar-refractivity contribution in [3.63, 3.8) is 0 Å². The van der Waals surface area contributed by atoms with Crippen LogP contribution in [0.5, 0.6) is 5.75 Å². The normalized spacial score (nSPS) is 26.9. The van der Waals surface area contributed by atoms with Gasteiger partial charge in [-0.05, 0) is 53.4 Å². The van der Waals surface area contributed by atoms with Crippen LogP contribution < -0.4 is 15.1 Å². The Kier molecular flexibility index (Phi) is 10.6. The van der Waals surface area contributed by atoms with Crippen molar-refractivity contribution in [3.05, 3.63) is 90.5 Å². The van der Waals surface area contributed by atoms with Gasteiger partial charge in [0.2, 0.25) is 0 Å². The molecule has 45 heavy (non-hydrogen) atoms. The smallest absolute Gasteiger partial charge is 0.261 e. The Labute approximate surface area is 271 Å². The molecule has 2 fully saturated rings. The summed E-state index contributed by atoms with van der Waals surface area (Å²) in [6, 6.07) is 29.7. The molecule has 2 saturated heterocycles. The fourth-order valence-electron chi connectivity index (χ4n) is 7.27. The number of methoxy groups -OCH3 is 1. The fraction of sp³-hybridized carbons (Fsp3) is 0.526. The van der Waals surface area contributed by atoms with Crippen LogP contribution in [-0.4, -0.2) is 58.8 Å². The van der Waals surface area contributed by atoms with Crippen molar-refractivity contribution in [2.24, 2.45) is 11.8 Å². The Morgan fingerprint density at radius 1 is 0.844 bits per heavy atom. The molecule has 2 aliphatic heterocycles. The molecule has 0 radical (unpaired) electrons. The predicted octanol–water partition coefficient (Wildman–Crippen LogP) is 6.74. The van der Waals surface area contributed by atoms with E-state index < -0.39 is 14.1 Å². The highest BCUT2D eigenvalue weighted by atomic mass is 28.4. The van der Waals surface area contributed by atoms with Gasteiger partial charge in [0.05, 0.1) is 38.6 Å². The highest BCUT2D eigenvalue weighted by Crippen LogP contribution is 2.41. The summed E-state index contributed by atoms with van der Waals surface area (Å²) in [6.07, 6.45) is 0.374. The zero-order chi connectivity index (χ0) is 32.2. The lowest BCUT2D eigenvalue weighted by Crippen LogP contribution is -2.66. The lowest BCUT2D eigenvalue weighted by atomic mass is 9.80. The summed E-state index contributed by atoms with van der Waals surface area (Å²) in [7, 11) is -0.972. The standard InChI is InChI=1S/C38H52O6Si/c1-27-33(23-24-42-45(37(3,4)5,31-15-11-9-12-16-31)32-17-13-10-14-18-32)43-36(34-26-41-38(6,7)44-34)28(2)35(27)40-25-29-19-21-30(39-8)22-20-29/h9-22,27-28,33-36H,23-26H2,1-8H3/t27-,28+,33+,34+,35-,36+/m0/s1. The number of rotatable bonds is 11. The molecule has 0 amide bonds. The van der Waals surface area contributed by atoms with Gasteiger partial charge in [-0.2, -0.15) is 0 Å². The molecule has 0 saturated carbocycles. The molecule has 3 aromatic rings. The Morgan fingerprint density at radius 3 is 1.96 bits per heavy atom. The van der Waals surface area contributed by atoms with Crippen LogP contribution >= 0.6 is 0 Å². The maximum atomic E-state index is 7.27. The first-order valence-corrected chi connectivity index (χ1v) is 18.3. The summed E-state index contributed by atoms with van der Waals surface area (Å²) < 4.78 is 38.6. The van der Waals surface area contributed by atoms with Crippen molar-refractivity contribution >= 4 is 18.7 Å². The van der Waals surface area contributed by atoms with Gasteiger partial charge in [0.25, 0.3) is 8.32 Å². The zero-order valence-electron chi connectivity index (χ0n) is 28.3. The van der Waals surface area contributed by atoms with Gasteiger partial charge in [-0.1, -0.05) is 107 Å². The third-order valence-corrected chi connectivity index (χ3v) is 14.7. The highest BCUT2D eigenvalue weighted by Gasteiger charge is 2.52. The molecule has 0 aliphatic carbocycles. The molecule has 0 aromatic heterocycles. The maximum absolute atomic E-state index is 7.27. The third kappa shape index (κ3) is 7.40. The van der Waals surface area contributed by atoms with Crippen molar-refractivity contribution in [2.75, 3.05) is 20.3 Å². The topological polar surface area (TPSA) is 55.4 Å². The molecule has 7 heteroatoms. The van der Waals surface area contributed by atoms with Gasteiger partial charge >= 0.3 is 0 Å². The van der Waals surface area contributed by atoms with Crippen LogP contribution in [0.25, 0.3) is 0 Å². The summed E-state index contributed by atoms with van der Waals surface area (Å²) in [5.74, 6) is 0.494. The van der Waals surface area contributed by atoms with Crippen molar-refractivity contribution in [2.45, 2.75) is 96.7 Å². The first-order chi connectivity index (χ1) is 21.4. The van der Waals surface area contributed by atoms with Crippen LogP contribution in [0.2, 0.25) is 5.04 Å². The minimum atomic E-state index is -2.66. The van der Waals surface area contributed by atoms with E-state index in [2.05, 4.69) is 107 Å². The van der Waals surface area contributed by atoms with Crippen LogP contribution in [-0.2, 0) is 30.0 Å². The second kappa shape index (κ2) is 14.1. The SMILES string of the molecule is COc1ccc(CO[C@@H]2[C@@H](C)[C@H]([C@H]3COC(C)(C)O3)O[C@H](CCO[Si](c3ccccc3)(c3ccccc3)C(C)(C)C)[C@@H]2C)cc1. The van der Waals surface area contributed by atoms with E-state index in [0.717, 1.165) is 17.7 Å². The van der Waals surface area contributed by atoms with Crippen LogP contribution in [0, 0.1) is 11.8 Å². The van der Waals surface area contributed by atoms with E-state index in [1.165, 1.54) is 10.4 Å². The molecule has 0 N–H and O–H groups in total. The van der Waals surface area contributed by atoms with E-state index in [9.17, 15) is 0 Å². The fourth-order valence-corrected chi connectivity index (χ4v) is 11.8. The summed E-state index contributed by atoms with van der Waals surface area (Å²) in [5, 5.41) is 2.48. The quantitative estimate of drug-likeness (QED) is 0.218. The first-order valence-electron chi connectivity index (χ1n) is 16.4. The molecular weight excluding hydrogens is 580 g/mol. The van der Waals surface area contributed by atoms with Crippen LogP contribution in [0.3, 0.4) is 0 Å². The molecule has 3 aromatic carbocycles. The molecule has 2 aliphatic rings. The molecule has 0 spiro atoms. The Morgan fingerprint density at radius 2 is 1.44 bits per heavy atom.